The summed E-state index contributed by atoms with van der Waals surface area (Å²) < 4.78 is 0. The van der Waals surface area contributed by atoms with Crippen LogP contribution in [0, 0.1) is 6.92 Å². The monoisotopic (exact) mass is 256 g/mol. The van der Waals surface area contributed by atoms with E-state index in [9.17, 15) is 0 Å². The number of aromatic nitrogens is 2. The number of rotatable bonds is 5. The number of nitrogens with one attached hydrogen (secondary N) is 1. The molecule has 19 heavy (non-hydrogen) atoms. The smallest absolute Gasteiger partial charge is 0.136 e. The molecule has 0 spiro atoms. The van der Waals surface area contributed by atoms with Crippen LogP contribution in [0.2, 0.25) is 0 Å². The van der Waals surface area contributed by atoms with Crippen molar-refractivity contribution in [2.45, 2.75) is 33.1 Å². The van der Waals surface area contributed by atoms with Crippen LogP contribution in [0.4, 0.5) is 17.3 Å². The molecule has 2 rings (SSSR count). The molecule has 4 nitrogen and oxygen atoms in total. The Morgan fingerprint density at radius 3 is 2.53 bits per heavy atom. The molecule has 0 bridgehead atoms. The predicted octanol–water partition coefficient (Wildman–Crippen LogP) is 3.45. The maximum absolute atomic E-state index is 5.70. The van der Waals surface area contributed by atoms with Gasteiger partial charge in [0.05, 0.1) is 0 Å². The molecule has 1 aromatic carbocycles. The van der Waals surface area contributed by atoms with Crippen LogP contribution in [-0.4, -0.2) is 9.97 Å². The number of anilines is 3. The van der Waals surface area contributed by atoms with Crippen molar-refractivity contribution in [1.82, 2.24) is 9.97 Å². The molecule has 0 aliphatic rings. The summed E-state index contributed by atoms with van der Waals surface area (Å²) in [4.78, 5) is 8.35. The Labute approximate surface area is 114 Å². The molecule has 0 amide bonds. The van der Waals surface area contributed by atoms with Crippen molar-refractivity contribution in [2.24, 2.45) is 0 Å². The van der Waals surface area contributed by atoms with Gasteiger partial charge in [-0.15, -0.1) is 0 Å². The Kier molecular flexibility index (Phi) is 4.34. The lowest BCUT2D eigenvalue weighted by atomic mass is 10.1. The first-order valence-corrected chi connectivity index (χ1v) is 6.64. The molecule has 100 valence electrons. The van der Waals surface area contributed by atoms with E-state index >= 15 is 0 Å². The second-order valence-corrected chi connectivity index (χ2v) is 4.65. The maximum atomic E-state index is 5.70. The lowest BCUT2D eigenvalue weighted by Crippen LogP contribution is -2.00. The first kappa shape index (κ1) is 13.3. The van der Waals surface area contributed by atoms with E-state index in [0.29, 0.717) is 11.6 Å². The van der Waals surface area contributed by atoms with Crippen LogP contribution in [-0.2, 0) is 6.42 Å². The number of nitrogen functional groups attached to an aromatic ring is 1. The normalized spacial score (nSPS) is 10.4. The molecule has 0 radical (unpaired) electrons. The molecule has 0 fully saturated rings. The number of benzene rings is 1. The van der Waals surface area contributed by atoms with Gasteiger partial charge in [0.25, 0.3) is 0 Å². The molecule has 1 aromatic heterocycles. The van der Waals surface area contributed by atoms with E-state index < -0.39 is 0 Å². The van der Waals surface area contributed by atoms with E-state index in [-0.39, 0.29) is 0 Å². The molecule has 0 saturated heterocycles. The summed E-state index contributed by atoms with van der Waals surface area (Å²) in [6.07, 6.45) is 3.59. The quantitative estimate of drug-likeness (QED) is 0.860. The lowest BCUT2D eigenvalue weighted by Gasteiger charge is -2.08. The van der Waals surface area contributed by atoms with Crippen molar-refractivity contribution in [3.8, 4) is 0 Å². The number of unbranched alkanes of at least 4 members (excludes halogenated alkanes) is 1. The Hall–Kier alpha value is -2.10. The van der Waals surface area contributed by atoms with Crippen molar-refractivity contribution in [2.75, 3.05) is 11.1 Å². The second-order valence-electron chi connectivity index (χ2n) is 4.65. The highest BCUT2D eigenvalue weighted by atomic mass is 15.0. The minimum Gasteiger partial charge on any atom is -0.384 e. The fraction of sp³-hybridized carbons (Fsp3) is 0.333. The molecular formula is C15H20N4. The highest BCUT2D eigenvalue weighted by Gasteiger charge is 2.00. The summed E-state index contributed by atoms with van der Waals surface area (Å²) >= 11 is 0. The minimum atomic E-state index is 0.481. The predicted molar refractivity (Wildman–Crippen MR) is 79.5 cm³/mol. The number of nitrogens with zero attached hydrogens (tertiary/aromatic N) is 2. The van der Waals surface area contributed by atoms with Gasteiger partial charge in [0.2, 0.25) is 0 Å². The van der Waals surface area contributed by atoms with Gasteiger partial charge in [0, 0.05) is 11.8 Å². The zero-order valence-corrected chi connectivity index (χ0v) is 11.5. The Morgan fingerprint density at radius 2 is 1.89 bits per heavy atom. The van der Waals surface area contributed by atoms with Gasteiger partial charge in [0.15, 0.2) is 0 Å². The maximum Gasteiger partial charge on any atom is 0.136 e. The van der Waals surface area contributed by atoms with Crippen LogP contribution >= 0.6 is 0 Å². The molecule has 0 aliphatic heterocycles. The molecule has 0 atom stereocenters. The zero-order valence-electron chi connectivity index (χ0n) is 11.5. The van der Waals surface area contributed by atoms with Gasteiger partial charge >= 0.3 is 0 Å². The first-order valence-electron chi connectivity index (χ1n) is 6.64. The van der Waals surface area contributed by atoms with E-state index in [1.54, 1.807) is 6.07 Å². The van der Waals surface area contributed by atoms with Crippen molar-refractivity contribution < 1.29 is 0 Å². The average Bonchev–Trinajstić information content (AvgIpc) is 2.37. The van der Waals surface area contributed by atoms with Gasteiger partial charge in [-0.05, 0) is 37.5 Å². The van der Waals surface area contributed by atoms with E-state index in [1.165, 1.54) is 18.4 Å². The van der Waals surface area contributed by atoms with E-state index in [2.05, 4.69) is 46.5 Å². The standard InChI is InChI=1S/C15H20N4/c1-3-4-5-12-6-8-13(9-7-12)19-15-10-14(16)17-11(2)18-15/h6-10H,3-5H2,1-2H3,(H3,16,17,18,19). The summed E-state index contributed by atoms with van der Waals surface area (Å²) in [5.41, 5.74) is 8.08. The number of nitrogens with two attached hydrogens (primary N) is 1. The first-order chi connectivity index (χ1) is 9.17. The third-order valence-electron chi connectivity index (χ3n) is 2.90. The van der Waals surface area contributed by atoms with Crippen molar-refractivity contribution >= 4 is 17.3 Å². The van der Waals surface area contributed by atoms with Gasteiger partial charge in [-0.1, -0.05) is 25.5 Å². The van der Waals surface area contributed by atoms with E-state index in [4.69, 9.17) is 5.73 Å². The molecule has 4 heteroatoms. The molecule has 2 aromatic rings. The minimum absolute atomic E-state index is 0.481. The van der Waals surface area contributed by atoms with Crippen molar-refractivity contribution in [1.29, 1.82) is 0 Å². The van der Waals surface area contributed by atoms with Gasteiger partial charge in [0.1, 0.15) is 17.5 Å². The number of hydrogen-bond donors (Lipinski definition) is 2. The number of aryl methyl sites for hydroxylation is 2. The summed E-state index contributed by atoms with van der Waals surface area (Å²) in [5.74, 6) is 1.88. The van der Waals surface area contributed by atoms with Crippen LogP contribution in [0.15, 0.2) is 30.3 Å². The third-order valence-corrected chi connectivity index (χ3v) is 2.90. The van der Waals surface area contributed by atoms with Gasteiger partial charge in [-0.2, -0.15) is 0 Å². The molecule has 0 saturated carbocycles. The summed E-state index contributed by atoms with van der Waals surface area (Å²) in [6, 6.07) is 10.2. The van der Waals surface area contributed by atoms with Crippen LogP contribution in [0.3, 0.4) is 0 Å². The van der Waals surface area contributed by atoms with Crippen molar-refractivity contribution in [3.63, 3.8) is 0 Å². The average molecular weight is 256 g/mol. The summed E-state index contributed by atoms with van der Waals surface area (Å²) in [5, 5.41) is 3.24. The van der Waals surface area contributed by atoms with Crippen LogP contribution in [0.1, 0.15) is 31.2 Å². The molecule has 0 aliphatic carbocycles. The number of hydrogen-bond acceptors (Lipinski definition) is 4. The Morgan fingerprint density at radius 1 is 1.16 bits per heavy atom. The van der Waals surface area contributed by atoms with Crippen LogP contribution < -0.4 is 11.1 Å². The van der Waals surface area contributed by atoms with Crippen molar-refractivity contribution in [3.05, 3.63) is 41.7 Å². The van der Waals surface area contributed by atoms with Gasteiger partial charge in [-0.3, -0.25) is 0 Å². The highest BCUT2D eigenvalue weighted by molar-refractivity contribution is 5.58. The van der Waals surface area contributed by atoms with Gasteiger partial charge < -0.3 is 11.1 Å². The highest BCUT2D eigenvalue weighted by Crippen LogP contribution is 2.17. The topological polar surface area (TPSA) is 63.8 Å². The largest absolute Gasteiger partial charge is 0.384 e. The summed E-state index contributed by atoms with van der Waals surface area (Å²) in [6.45, 7) is 4.03. The van der Waals surface area contributed by atoms with Gasteiger partial charge in [-0.25, -0.2) is 9.97 Å². The zero-order chi connectivity index (χ0) is 13.7. The molecule has 3 N–H and O–H groups in total. The molecular weight excluding hydrogens is 236 g/mol. The molecule has 0 unspecified atom stereocenters. The fourth-order valence-corrected chi connectivity index (χ4v) is 1.94. The van der Waals surface area contributed by atoms with E-state index in [1.807, 2.05) is 6.92 Å². The molecule has 1 heterocycles. The Balaban J connectivity index is 2.06. The summed E-state index contributed by atoms with van der Waals surface area (Å²) in [7, 11) is 0. The van der Waals surface area contributed by atoms with Crippen LogP contribution in [0.25, 0.3) is 0 Å². The third kappa shape index (κ3) is 3.95. The Bertz CT molecular complexity index is 514. The van der Waals surface area contributed by atoms with E-state index in [0.717, 1.165) is 17.9 Å². The van der Waals surface area contributed by atoms with Crippen LogP contribution in [0.5, 0.6) is 0 Å². The fourth-order valence-electron chi connectivity index (χ4n) is 1.94. The lowest BCUT2D eigenvalue weighted by molar-refractivity contribution is 0.795. The second kappa shape index (κ2) is 6.18. The SMILES string of the molecule is CCCCc1ccc(Nc2cc(N)nc(C)n2)cc1.